The van der Waals surface area contributed by atoms with Crippen molar-refractivity contribution < 1.29 is 13.7 Å². The summed E-state index contributed by atoms with van der Waals surface area (Å²) in [6, 6.07) is 7.94. The van der Waals surface area contributed by atoms with Gasteiger partial charge in [-0.05, 0) is 99.8 Å². The van der Waals surface area contributed by atoms with Crippen molar-refractivity contribution in [1.29, 1.82) is 0 Å². The summed E-state index contributed by atoms with van der Waals surface area (Å²) in [5.41, 5.74) is 4.40. The number of alkyl halides is 1. The van der Waals surface area contributed by atoms with Gasteiger partial charge < -0.3 is 9.42 Å². The number of anilines is 1. The smallest absolute Gasteiger partial charge is 0.258 e. The Morgan fingerprint density at radius 2 is 1.90 bits per heavy atom. The van der Waals surface area contributed by atoms with Crippen LogP contribution < -0.4 is 4.90 Å². The van der Waals surface area contributed by atoms with E-state index in [0.29, 0.717) is 43.5 Å². The quantitative estimate of drug-likeness (QED) is 0.301. The summed E-state index contributed by atoms with van der Waals surface area (Å²) in [6.07, 6.45) is 10.1. The minimum Gasteiger partial charge on any atom is -0.334 e. The molecular formula is C31H31FN4O2S. The third-order valence-corrected chi connectivity index (χ3v) is 11.2. The summed E-state index contributed by atoms with van der Waals surface area (Å²) in [4.78, 5) is 25.7. The summed E-state index contributed by atoms with van der Waals surface area (Å²) < 4.78 is 20.1. The maximum atomic E-state index is 14.5. The molecule has 0 radical (unpaired) electrons. The molecule has 0 unspecified atom stereocenters. The van der Waals surface area contributed by atoms with Crippen molar-refractivity contribution in [3.63, 3.8) is 0 Å². The van der Waals surface area contributed by atoms with Crippen LogP contribution in [0.5, 0.6) is 0 Å². The lowest BCUT2D eigenvalue weighted by Crippen LogP contribution is -2.71. The van der Waals surface area contributed by atoms with E-state index in [9.17, 15) is 9.18 Å². The number of amides is 1. The Hall–Kier alpha value is -2.87. The second kappa shape index (κ2) is 7.65. The molecule has 8 aliphatic carbocycles. The monoisotopic (exact) mass is 542 g/mol. The zero-order valence-electron chi connectivity index (χ0n) is 21.9. The largest absolute Gasteiger partial charge is 0.334 e. The van der Waals surface area contributed by atoms with E-state index in [2.05, 4.69) is 15.5 Å². The highest BCUT2D eigenvalue weighted by atomic mass is 32.1. The minimum atomic E-state index is -1.11. The van der Waals surface area contributed by atoms with Crippen LogP contribution in [0.2, 0.25) is 0 Å². The number of hydrogen-bond acceptors (Lipinski definition) is 6. The van der Waals surface area contributed by atoms with Gasteiger partial charge in [0.15, 0.2) is 5.82 Å². The summed E-state index contributed by atoms with van der Waals surface area (Å²) >= 11 is 1.80. The number of nitrogens with zero attached hydrogens (tertiary/aromatic N) is 4. The Balaban J connectivity index is 1.00. The summed E-state index contributed by atoms with van der Waals surface area (Å²) in [7, 11) is 0. The molecule has 39 heavy (non-hydrogen) atoms. The topological polar surface area (TPSA) is 72.1 Å². The van der Waals surface area contributed by atoms with Crippen LogP contribution in [-0.2, 0) is 4.79 Å². The van der Waals surface area contributed by atoms with Crippen molar-refractivity contribution >= 4 is 28.5 Å². The molecule has 0 spiro atoms. The highest BCUT2D eigenvalue weighted by Crippen LogP contribution is 2.70. The molecule has 6 saturated carbocycles. The molecular weight excluding hydrogens is 511 g/mol. The number of aromatic nitrogens is 3. The third-order valence-electron chi connectivity index (χ3n) is 10.2. The van der Waals surface area contributed by atoms with E-state index in [0.717, 1.165) is 55.6 Å². The molecule has 0 atom stereocenters. The first-order chi connectivity index (χ1) is 18.9. The van der Waals surface area contributed by atoms with Crippen LogP contribution in [-0.4, -0.2) is 33.2 Å². The molecule has 8 aliphatic rings. The molecule has 11 rings (SSSR count). The zero-order valence-corrected chi connectivity index (χ0v) is 22.7. The van der Waals surface area contributed by atoms with Gasteiger partial charge in [-0.25, -0.2) is 9.37 Å². The normalized spacial score (nSPS) is 29.9. The Kier molecular flexibility index (Phi) is 4.49. The number of thiazole rings is 1. The first kappa shape index (κ1) is 22.9. The van der Waals surface area contributed by atoms with Gasteiger partial charge in [0.2, 0.25) is 5.91 Å². The molecule has 200 valence electrons. The van der Waals surface area contributed by atoms with Crippen molar-refractivity contribution in [2.75, 3.05) is 11.4 Å². The van der Waals surface area contributed by atoms with Gasteiger partial charge in [0.1, 0.15) is 10.7 Å². The number of carbonyl (C=O) groups is 1. The van der Waals surface area contributed by atoms with Crippen molar-refractivity contribution in [2.24, 2.45) is 10.8 Å². The fraction of sp³-hybridized carbons (Fsp3) is 0.548. The molecule has 6 fully saturated rings. The van der Waals surface area contributed by atoms with Crippen LogP contribution in [0.4, 0.5) is 10.1 Å². The van der Waals surface area contributed by atoms with Crippen molar-refractivity contribution in [3.8, 4) is 11.5 Å². The van der Waals surface area contributed by atoms with Gasteiger partial charge in [-0.15, -0.1) is 11.3 Å². The molecule has 2 aromatic heterocycles. The lowest BCUT2D eigenvalue weighted by atomic mass is 9.41. The van der Waals surface area contributed by atoms with E-state index >= 15 is 0 Å². The summed E-state index contributed by atoms with van der Waals surface area (Å²) in [5.74, 6) is 2.48. The average Bonchev–Trinajstić information content (AvgIpc) is 3.83. The van der Waals surface area contributed by atoms with Crippen LogP contribution in [0.3, 0.4) is 0 Å². The predicted octanol–water partition coefficient (Wildman–Crippen LogP) is 7.20. The van der Waals surface area contributed by atoms with E-state index in [-0.39, 0.29) is 11.3 Å². The first-order valence-corrected chi connectivity index (χ1v) is 15.4. The molecule has 0 aliphatic heterocycles. The summed E-state index contributed by atoms with van der Waals surface area (Å²) in [6.45, 7) is 0.676. The van der Waals surface area contributed by atoms with Gasteiger partial charge in [0.25, 0.3) is 5.89 Å². The number of benzene rings is 1. The molecule has 0 N–H and O–H groups in total. The number of hydrogen-bond donors (Lipinski definition) is 0. The standard InChI is InChI=1S/C31H31FN4O2S/c32-31-14-30(15-31,16-31)28(37)36(22-3-1-2-20(10-22)26-34-25(35-38-26)19-6-7-19)17-29-9-8-23(21(11-29)12-29)27-33-24(13-39-27)18-4-5-18/h1-3,10,13,18-19H,4-9,11-12,14-17H2. The van der Waals surface area contributed by atoms with E-state index in [1.165, 1.54) is 34.7 Å². The SMILES string of the molecule is O=C(N(CC12CCC(c3nc(C4CC4)cs3)=C(C1)C2)c1cccc(-c2nc(C3CC3)no2)c1)C12CC(F)(C1)C2. The molecule has 8 heteroatoms. The second-order valence-electron chi connectivity index (χ2n) is 13.4. The Labute approximate surface area is 230 Å². The van der Waals surface area contributed by atoms with Crippen LogP contribution in [0.25, 0.3) is 17.0 Å². The Morgan fingerprint density at radius 3 is 2.59 bits per heavy atom. The third kappa shape index (κ3) is 3.56. The number of carbonyl (C=O) groups excluding carboxylic acids is 1. The number of fused-ring (bicyclic) bond motifs is 2. The maximum absolute atomic E-state index is 14.5. The molecule has 1 aromatic carbocycles. The van der Waals surface area contributed by atoms with Crippen LogP contribution >= 0.6 is 11.3 Å². The number of rotatable bonds is 8. The van der Waals surface area contributed by atoms with Gasteiger partial charge in [0.05, 0.1) is 11.1 Å². The van der Waals surface area contributed by atoms with Crippen LogP contribution in [0.15, 0.2) is 39.7 Å². The van der Waals surface area contributed by atoms with Crippen LogP contribution in [0, 0.1) is 10.8 Å². The van der Waals surface area contributed by atoms with Gasteiger partial charge >= 0.3 is 0 Å². The van der Waals surface area contributed by atoms with Gasteiger partial charge in [-0.2, -0.15) is 4.98 Å². The zero-order chi connectivity index (χ0) is 26.0. The molecule has 1 amide bonds. The van der Waals surface area contributed by atoms with Gasteiger partial charge in [-0.3, -0.25) is 4.79 Å². The fourth-order valence-corrected chi connectivity index (χ4v) is 8.73. The highest BCUT2D eigenvalue weighted by Gasteiger charge is 2.73. The lowest BCUT2D eigenvalue weighted by Gasteiger charge is -2.65. The molecule has 0 saturated heterocycles. The molecule has 3 aromatic rings. The predicted molar refractivity (Wildman–Crippen MR) is 146 cm³/mol. The maximum Gasteiger partial charge on any atom is 0.258 e. The van der Waals surface area contributed by atoms with E-state index < -0.39 is 11.1 Å². The minimum absolute atomic E-state index is 0.0850. The molecule has 2 heterocycles. The number of halogens is 1. The molecule has 6 nitrogen and oxygen atoms in total. The van der Waals surface area contributed by atoms with Crippen molar-refractivity contribution in [1.82, 2.24) is 15.1 Å². The van der Waals surface area contributed by atoms with E-state index in [1.807, 2.05) is 29.2 Å². The van der Waals surface area contributed by atoms with Gasteiger partial charge in [0, 0.05) is 35.0 Å². The van der Waals surface area contributed by atoms with E-state index in [1.54, 1.807) is 11.3 Å². The Morgan fingerprint density at radius 1 is 1.10 bits per heavy atom. The summed E-state index contributed by atoms with van der Waals surface area (Å²) in [5, 5.41) is 7.65. The van der Waals surface area contributed by atoms with Crippen LogP contribution in [0.1, 0.15) is 99.0 Å². The first-order valence-electron chi connectivity index (χ1n) is 14.5. The van der Waals surface area contributed by atoms with Crippen molar-refractivity contribution in [2.45, 2.75) is 88.1 Å². The Bertz CT molecular complexity index is 1540. The number of allylic oxidation sites excluding steroid dienone is 2. The molecule has 4 bridgehead atoms. The lowest BCUT2D eigenvalue weighted by molar-refractivity contribution is -0.211. The highest BCUT2D eigenvalue weighted by molar-refractivity contribution is 7.10. The van der Waals surface area contributed by atoms with E-state index in [4.69, 9.17) is 9.51 Å². The average molecular weight is 543 g/mol. The second-order valence-corrected chi connectivity index (χ2v) is 14.3. The fourth-order valence-electron chi connectivity index (χ4n) is 7.71. The van der Waals surface area contributed by atoms with Gasteiger partial charge in [-0.1, -0.05) is 16.8 Å². The van der Waals surface area contributed by atoms with Crippen molar-refractivity contribution in [3.05, 3.63) is 51.7 Å².